The number of primary amides is 1. The lowest BCUT2D eigenvalue weighted by molar-refractivity contribution is -0.139. The monoisotopic (exact) mass is 310 g/mol. The van der Waals surface area contributed by atoms with Crippen molar-refractivity contribution in [2.45, 2.75) is 12.8 Å². The van der Waals surface area contributed by atoms with Gasteiger partial charge in [-0.25, -0.2) is 4.79 Å². The van der Waals surface area contributed by atoms with Crippen LogP contribution in [0.3, 0.4) is 0 Å². The number of para-hydroxylation sites is 1. The van der Waals surface area contributed by atoms with Gasteiger partial charge in [0.2, 0.25) is 0 Å². The molecule has 7 heteroatoms. The number of halogens is 3. The molecule has 116 valence electrons. The molecule has 0 heterocycles. The van der Waals surface area contributed by atoms with E-state index in [9.17, 15) is 18.0 Å². The van der Waals surface area contributed by atoms with Crippen molar-refractivity contribution < 1.29 is 22.7 Å². The predicted molar refractivity (Wildman–Crippen MR) is 75.4 cm³/mol. The summed E-state index contributed by atoms with van der Waals surface area (Å²) in [5, 5.41) is 2.14. The van der Waals surface area contributed by atoms with Crippen LogP contribution in [0.15, 0.2) is 48.5 Å². The SMILES string of the molecule is NC(=O)Nc1cccc(C(F)(F)F)c1OCc1ccccc1. The molecule has 2 amide bonds. The second kappa shape index (κ2) is 6.38. The highest BCUT2D eigenvalue weighted by molar-refractivity contribution is 5.90. The fraction of sp³-hybridized carbons (Fsp3) is 0.133. The fourth-order valence-electron chi connectivity index (χ4n) is 1.88. The second-order valence-corrected chi connectivity index (χ2v) is 4.44. The van der Waals surface area contributed by atoms with Crippen LogP contribution in [-0.2, 0) is 12.8 Å². The Labute approximate surface area is 124 Å². The number of urea groups is 1. The molecule has 3 N–H and O–H groups in total. The number of amides is 2. The average molecular weight is 310 g/mol. The molecule has 0 radical (unpaired) electrons. The van der Waals surface area contributed by atoms with Gasteiger partial charge < -0.3 is 15.8 Å². The molecule has 2 aromatic carbocycles. The molecular formula is C15H13F3N2O2. The third kappa shape index (κ3) is 3.91. The van der Waals surface area contributed by atoms with E-state index in [2.05, 4.69) is 5.32 Å². The Morgan fingerprint density at radius 3 is 2.36 bits per heavy atom. The van der Waals surface area contributed by atoms with Crippen LogP contribution >= 0.6 is 0 Å². The lowest BCUT2D eigenvalue weighted by atomic mass is 10.1. The summed E-state index contributed by atoms with van der Waals surface area (Å²) in [5.41, 5.74) is 4.57. The molecule has 0 unspecified atom stereocenters. The van der Waals surface area contributed by atoms with Crippen LogP contribution in [0.1, 0.15) is 11.1 Å². The first-order chi connectivity index (χ1) is 10.4. The lowest BCUT2D eigenvalue weighted by Crippen LogP contribution is -2.21. The topological polar surface area (TPSA) is 64.4 Å². The number of alkyl halides is 3. The van der Waals surface area contributed by atoms with E-state index < -0.39 is 23.5 Å². The van der Waals surface area contributed by atoms with Gasteiger partial charge in [-0.15, -0.1) is 0 Å². The van der Waals surface area contributed by atoms with Gasteiger partial charge in [0.1, 0.15) is 6.61 Å². The van der Waals surface area contributed by atoms with Crippen LogP contribution in [-0.4, -0.2) is 6.03 Å². The molecule has 0 saturated carbocycles. The molecular weight excluding hydrogens is 297 g/mol. The Balaban J connectivity index is 2.34. The molecule has 0 bridgehead atoms. The molecule has 0 spiro atoms. The largest absolute Gasteiger partial charge is 0.486 e. The maximum absolute atomic E-state index is 13.1. The zero-order chi connectivity index (χ0) is 16.2. The predicted octanol–water partition coefficient (Wildman–Crippen LogP) is 3.78. The Morgan fingerprint density at radius 1 is 1.09 bits per heavy atom. The Bertz CT molecular complexity index is 658. The third-order valence-corrected chi connectivity index (χ3v) is 2.80. The Hall–Kier alpha value is -2.70. The van der Waals surface area contributed by atoms with Crippen molar-refractivity contribution in [2.75, 3.05) is 5.32 Å². The number of ether oxygens (including phenoxy) is 1. The van der Waals surface area contributed by atoms with Crippen molar-refractivity contribution in [3.05, 3.63) is 59.7 Å². The van der Waals surface area contributed by atoms with Gasteiger partial charge in [0.15, 0.2) is 5.75 Å². The Kier molecular flexibility index (Phi) is 4.55. The fourth-order valence-corrected chi connectivity index (χ4v) is 1.88. The lowest BCUT2D eigenvalue weighted by Gasteiger charge is -2.17. The van der Waals surface area contributed by atoms with E-state index in [-0.39, 0.29) is 12.3 Å². The minimum atomic E-state index is -4.61. The minimum absolute atomic E-state index is 0.0681. The zero-order valence-corrected chi connectivity index (χ0v) is 11.4. The molecule has 4 nitrogen and oxygen atoms in total. The first kappa shape index (κ1) is 15.7. The summed E-state index contributed by atoms with van der Waals surface area (Å²) in [6.45, 7) is -0.0681. The molecule has 0 atom stereocenters. The highest BCUT2D eigenvalue weighted by atomic mass is 19.4. The summed E-state index contributed by atoms with van der Waals surface area (Å²) in [4.78, 5) is 10.9. The summed E-state index contributed by atoms with van der Waals surface area (Å²) < 4.78 is 44.5. The van der Waals surface area contributed by atoms with E-state index in [1.165, 1.54) is 12.1 Å². The highest BCUT2D eigenvalue weighted by Crippen LogP contribution is 2.40. The first-order valence-corrected chi connectivity index (χ1v) is 6.31. The highest BCUT2D eigenvalue weighted by Gasteiger charge is 2.35. The van der Waals surface area contributed by atoms with Crippen LogP contribution in [0.25, 0.3) is 0 Å². The van der Waals surface area contributed by atoms with Gasteiger partial charge in [0.25, 0.3) is 0 Å². The normalized spacial score (nSPS) is 11.0. The van der Waals surface area contributed by atoms with Crippen molar-refractivity contribution in [3.8, 4) is 5.75 Å². The summed E-state index contributed by atoms with van der Waals surface area (Å²) in [7, 11) is 0. The molecule has 0 aromatic heterocycles. The quantitative estimate of drug-likeness (QED) is 0.902. The third-order valence-electron chi connectivity index (χ3n) is 2.80. The summed E-state index contributed by atoms with van der Waals surface area (Å²) in [5.74, 6) is -0.461. The summed E-state index contributed by atoms with van der Waals surface area (Å²) in [6.07, 6.45) is -4.61. The average Bonchev–Trinajstić information content (AvgIpc) is 2.45. The van der Waals surface area contributed by atoms with E-state index in [1.54, 1.807) is 30.3 Å². The molecule has 2 aromatic rings. The van der Waals surface area contributed by atoms with E-state index in [1.807, 2.05) is 0 Å². The minimum Gasteiger partial charge on any atom is -0.486 e. The van der Waals surface area contributed by atoms with E-state index in [0.717, 1.165) is 6.07 Å². The van der Waals surface area contributed by atoms with Gasteiger partial charge >= 0.3 is 12.2 Å². The van der Waals surface area contributed by atoms with Crippen LogP contribution in [0.4, 0.5) is 23.7 Å². The number of benzene rings is 2. The van der Waals surface area contributed by atoms with Gasteiger partial charge in [0.05, 0.1) is 11.3 Å². The van der Waals surface area contributed by atoms with Gasteiger partial charge in [-0.3, -0.25) is 0 Å². The number of hydrogen-bond donors (Lipinski definition) is 2. The first-order valence-electron chi connectivity index (χ1n) is 6.31. The maximum Gasteiger partial charge on any atom is 0.420 e. The van der Waals surface area contributed by atoms with Crippen LogP contribution in [0, 0.1) is 0 Å². The maximum atomic E-state index is 13.1. The number of carbonyl (C=O) groups is 1. The van der Waals surface area contributed by atoms with Crippen molar-refractivity contribution >= 4 is 11.7 Å². The van der Waals surface area contributed by atoms with Crippen molar-refractivity contribution in [3.63, 3.8) is 0 Å². The summed E-state index contributed by atoms with van der Waals surface area (Å²) >= 11 is 0. The standard InChI is InChI=1S/C15H13F3N2O2/c16-15(17,18)11-7-4-8-12(20-14(19)21)13(11)22-9-10-5-2-1-3-6-10/h1-8H,9H2,(H3,19,20,21). The number of hydrogen-bond acceptors (Lipinski definition) is 2. The molecule has 0 saturated heterocycles. The van der Waals surface area contributed by atoms with Crippen molar-refractivity contribution in [1.82, 2.24) is 0 Å². The van der Waals surface area contributed by atoms with Crippen molar-refractivity contribution in [2.24, 2.45) is 5.73 Å². The number of carbonyl (C=O) groups excluding carboxylic acids is 1. The number of anilines is 1. The van der Waals surface area contributed by atoms with Crippen LogP contribution < -0.4 is 15.8 Å². The molecule has 0 fully saturated rings. The number of nitrogens with two attached hydrogens (primary N) is 1. The smallest absolute Gasteiger partial charge is 0.420 e. The van der Waals surface area contributed by atoms with E-state index >= 15 is 0 Å². The van der Waals surface area contributed by atoms with Gasteiger partial charge in [-0.05, 0) is 17.7 Å². The van der Waals surface area contributed by atoms with Crippen LogP contribution in [0.5, 0.6) is 5.75 Å². The molecule has 2 rings (SSSR count). The van der Waals surface area contributed by atoms with Crippen molar-refractivity contribution in [1.29, 1.82) is 0 Å². The molecule has 0 aliphatic rings. The Morgan fingerprint density at radius 2 is 1.77 bits per heavy atom. The van der Waals surface area contributed by atoms with Crippen LogP contribution in [0.2, 0.25) is 0 Å². The molecule has 0 aliphatic carbocycles. The van der Waals surface area contributed by atoms with Gasteiger partial charge in [0, 0.05) is 0 Å². The zero-order valence-electron chi connectivity index (χ0n) is 11.4. The molecule has 0 aliphatic heterocycles. The second-order valence-electron chi connectivity index (χ2n) is 4.44. The van der Waals surface area contributed by atoms with Gasteiger partial charge in [-0.2, -0.15) is 13.2 Å². The summed E-state index contributed by atoms with van der Waals surface area (Å²) in [6, 6.07) is 11.1. The van der Waals surface area contributed by atoms with Gasteiger partial charge in [-0.1, -0.05) is 36.4 Å². The van der Waals surface area contributed by atoms with E-state index in [4.69, 9.17) is 10.5 Å². The number of nitrogens with one attached hydrogen (secondary N) is 1. The van der Waals surface area contributed by atoms with E-state index in [0.29, 0.717) is 5.56 Å². The molecule has 22 heavy (non-hydrogen) atoms. The number of rotatable bonds is 4.